The topological polar surface area (TPSA) is 101 Å². The predicted octanol–water partition coefficient (Wildman–Crippen LogP) is 4.28. The van der Waals surface area contributed by atoms with Gasteiger partial charge in [0.15, 0.2) is 0 Å². The highest BCUT2D eigenvalue weighted by atomic mass is 19.4. The second-order valence-electron chi connectivity index (χ2n) is 11.0. The molecule has 230 valence electrons. The summed E-state index contributed by atoms with van der Waals surface area (Å²) in [6.45, 7) is 6.95. The zero-order valence-electron chi connectivity index (χ0n) is 24.9. The Kier molecular flexibility index (Phi) is 9.86. The Balaban J connectivity index is 1.60. The molecule has 2 heterocycles. The van der Waals surface area contributed by atoms with E-state index in [4.69, 9.17) is 4.74 Å². The maximum Gasteiger partial charge on any atom is 0.406 e. The predicted molar refractivity (Wildman–Crippen MR) is 159 cm³/mol. The van der Waals surface area contributed by atoms with Crippen molar-refractivity contribution in [2.24, 2.45) is 5.92 Å². The van der Waals surface area contributed by atoms with Crippen molar-refractivity contribution in [3.63, 3.8) is 0 Å². The maximum atomic E-state index is 13.5. The van der Waals surface area contributed by atoms with Crippen molar-refractivity contribution in [3.05, 3.63) is 53.3 Å². The largest absolute Gasteiger partial charge is 0.495 e. The summed E-state index contributed by atoms with van der Waals surface area (Å²) in [6, 6.07) is 8.33. The van der Waals surface area contributed by atoms with Gasteiger partial charge in [0.05, 0.1) is 36.7 Å². The van der Waals surface area contributed by atoms with E-state index in [2.05, 4.69) is 58.4 Å². The number of rotatable bonds is 8. The number of anilines is 1. The number of nitrogens with one attached hydrogen (secondary N) is 3. The van der Waals surface area contributed by atoms with Crippen LogP contribution < -0.4 is 20.7 Å². The Morgan fingerprint density at radius 1 is 1.19 bits per heavy atom. The molecule has 1 aliphatic rings. The summed E-state index contributed by atoms with van der Waals surface area (Å²) in [4.78, 5) is 32.1. The molecule has 2 aromatic carbocycles. The minimum Gasteiger partial charge on any atom is -0.495 e. The molecule has 0 saturated carbocycles. The molecule has 1 aromatic heterocycles. The highest BCUT2D eigenvalue weighted by molar-refractivity contribution is 6.05. The van der Waals surface area contributed by atoms with E-state index in [-0.39, 0.29) is 41.0 Å². The third kappa shape index (κ3) is 7.78. The van der Waals surface area contributed by atoms with Crippen molar-refractivity contribution < 1.29 is 27.5 Å². The number of imidazole rings is 1. The molecule has 0 spiro atoms. The van der Waals surface area contributed by atoms with Crippen LogP contribution in [0.2, 0.25) is 0 Å². The van der Waals surface area contributed by atoms with Gasteiger partial charge in [-0.05, 0) is 56.5 Å². The number of nitrogens with zero attached hydrogens (tertiary/aromatic N) is 3. The molecule has 1 saturated heterocycles. The van der Waals surface area contributed by atoms with Gasteiger partial charge in [-0.1, -0.05) is 18.8 Å². The quantitative estimate of drug-likeness (QED) is 0.335. The summed E-state index contributed by atoms with van der Waals surface area (Å²) < 4.78 is 46.3. The number of carbonyl (C=O) groups excluding carboxylic acids is 2. The Hall–Kier alpha value is -4.24. The molecule has 2 amide bonds. The molecule has 3 aromatic rings. The van der Waals surface area contributed by atoms with Crippen LogP contribution >= 0.6 is 0 Å². The summed E-state index contributed by atoms with van der Waals surface area (Å²) >= 11 is 0. The Morgan fingerprint density at radius 2 is 1.95 bits per heavy atom. The van der Waals surface area contributed by atoms with E-state index in [1.54, 1.807) is 24.3 Å². The Bertz CT molecular complexity index is 1540. The van der Waals surface area contributed by atoms with E-state index in [9.17, 15) is 22.8 Å². The van der Waals surface area contributed by atoms with Crippen molar-refractivity contribution >= 4 is 28.5 Å². The van der Waals surface area contributed by atoms with Crippen LogP contribution in [0.3, 0.4) is 0 Å². The number of aromatic nitrogens is 2. The van der Waals surface area contributed by atoms with Gasteiger partial charge in [0, 0.05) is 43.3 Å². The third-order valence-corrected chi connectivity index (χ3v) is 7.59. The first-order chi connectivity index (χ1) is 20.4. The highest BCUT2D eigenvalue weighted by Crippen LogP contribution is 2.27. The van der Waals surface area contributed by atoms with E-state index in [1.807, 2.05) is 0 Å². The average molecular weight is 599 g/mol. The lowest BCUT2D eigenvalue weighted by Crippen LogP contribution is -2.51. The minimum absolute atomic E-state index is 0.0747. The molecule has 43 heavy (non-hydrogen) atoms. The molecule has 0 bridgehead atoms. The number of ether oxygens (including phenoxy) is 1. The number of piperidine rings is 1. The Morgan fingerprint density at radius 3 is 2.60 bits per heavy atom. The number of carbonyl (C=O) groups is 2. The monoisotopic (exact) mass is 598 g/mol. The summed E-state index contributed by atoms with van der Waals surface area (Å²) in [7, 11) is 3.04. The van der Waals surface area contributed by atoms with E-state index < -0.39 is 18.6 Å². The summed E-state index contributed by atoms with van der Waals surface area (Å²) in [6.07, 6.45) is -2.60. The molecule has 2 atom stereocenters. The lowest BCUT2D eigenvalue weighted by molar-refractivity contribution is -0.139. The van der Waals surface area contributed by atoms with Crippen molar-refractivity contribution in [1.29, 1.82) is 0 Å². The van der Waals surface area contributed by atoms with Crippen LogP contribution in [0.25, 0.3) is 11.0 Å². The van der Waals surface area contributed by atoms with Gasteiger partial charge in [-0.2, -0.15) is 13.2 Å². The number of hydrogen-bond acceptors (Lipinski definition) is 6. The summed E-state index contributed by atoms with van der Waals surface area (Å²) in [5.41, 5.74) is 1.89. The molecule has 0 unspecified atom stereocenters. The number of fused-ring (bicyclic) bond motifs is 1. The number of likely N-dealkylation sites (tertiary alicyclic amines) is 1. The van der Waals surface area contributed by atoms with Gasteiger partial charge in [-0.15, -0.1) is 0 Å². The fourth-order valence-electron chi connectivity index (χ4n) is 5.25. The zero-order valence-corrected chi connectivity index (χ0v) is 24.9. The second kappa shape index (κ2) is 13.4. The number of hydrogen-bond donors (Lipinski definition) is 3. The molecule has 3 N–H and O–H groups in total. The fourth-order valence-corrected chi connectivity index (χ4v) is 5.25. The van der Waals surface area contributed by atoms with E-state index in [0.717, 1.165) is 30.4 Å². The highest BCUT2D eigenvalue weighted by Gasteiger charge is 2.31. The van der Waals surface area contributed by atoms with Gasteiger partial charge in [-0.3, -0.25) is 9.59 Å². The lowest BCUT2D eigenvalue weighted by atomic mass is 9.92. The summed E-state index contributed by atoms with van der Waals surface area (Å²) in [5, 5.41) is 8.77. The van der Waals surface area contributed by atoms with Crippen molar-refractivity contribution in [3.8, 4) is 17.6 Å². The minimum atomic E-state index is -4.47. The smallest absolute Gasteiger partial charge is 0.406 e. The van der Waals surface area contributed by atoms with Gasteiger partial charge in [-0.25, -0.2) is 4.98 Å². The molecule has 9 nitrogen and oxygen atoms in total. The van der Waals surface area contributed by atoms with Gasteiger partial charge >= 0.3 is 6.18 Å². The third-order valence-electron chi connectivity index (χ3n) is 7.59. The van der Waals surface area contributed by atoms with Crippen LogP contribution in [0.5, 0.6) is 5.75 Å². The maximum absolute atomic E-state index is 13.5. The first-order valence-corrected chi connectivity index (χ1v) is 14.1. The summed E-state index contributed by atoms with van der Waals surface area (Å²) in [5.74, 6) is 5.97. The molecule has 12 heteroatoms. The van der Waals surface area contributed by atoms with E-state index in [0.29, 0.717) is 28.6 Å². The average Bonchev–Trinajstić information content (AvgIpc) is 3.36. The zero-order chi connectivity index (χ0) is 31.3. The van der Waals surface area contributed by atoms with Crippen LogP contribution in [0.15, 0.2) is 36.7 Å². The van der Waals surface area contributed by atoms with Gasteiger partial charge in [0.25, 0.3) is 11.8 Å². The van der Waals surface area contributed by atoms with Crippen LogP contribution in [0.1, 0.15) is 53.5 Å². The molecule has 0 aliphatic carbocycles. The van der Waals surface area contributed by atoms with Gasteiger partial charge < -0.3 is 30.2 Å². The fraction of sp³-hybridized carbons (Fsp3) is 0.452. The SMILES string of the molecule is CNC(=O)c1ccc(OC)c(NCC#Cc2cc(C(=O)N[C@H]3CCN(C(C)C)C[C@@H]3C)c3ncn(CC(F)(F)F)c3c2)c1. The van der Waals surface area contributed by atoms with E-state index in [1.165, 1.54) is 20.2 Å². The molecule has 1 aliphatic heterocycles. The molecule has 1 fully saturated rings. The standard InChI is InChI=1S/C31H37F3N6O3/c1-19(2)39-12-10-24(20(3)16-39)38-30(42)23-13-21(14-26-28(23)37-18-40(26)17-31(32,33)34)7-6-11-36-25-15-22(29(41)35-4)8-9-27(25)43-5/h8-9,13-15,18-20,24,36H,10-12,16-17H2,1-5H3,(H,35,41)(H,38,42)/t20-,24-/m0/s1. The van der Waals surface area contributed by atoms with Crippen molar-refractivity contribution in [2.45, 2.75) is 52.0 Å². The van der Waals surface area contributed by atoms with Crippen LogP contribution in [0, 0.1) is 17.8 Å². The number of amides is 2. The van der Waals surface area contributed by atoms with Crippen LogP contribution in [-0.2, 0) is 6.54 Å². The normalized spacial score (nSPS) is 17.3. The number of methoxy groups -OCH3 is 1. The lowest BCUT2D eigenvalue weighted by Gasteiger charge is -2.39. The number of benzene rings is 2. The first kappa shape index (κ1) is 31.7. The molecular formula is C31H37F3N6O3. The molecular weight excluding hydrogens is 561 g/mol. The van der Waals surface area contributed by atoms with Crippen molar-refractivity contribution in [1.82, 2.24) is 25.1 Å². The van der Waals surface area contributed by atoms with Gasteiger partial charge in [0.2, 0.25) is 0 Å². The van der Waals surface area contributed by atoms with Gasteiger partial charge in [0.1, 0.15) is 17.8 Å². The first-order valence-electron chi connectivity index (χ1n) is 14.1. The molecule has 4 rings (SSSR count). The molecule has 0 radical (unpaired) electrons. The van der Waals surface area contributed by atoms with Crippen LogP contribution in [0.4, 0.5) is 18.9 Å². The van der Waals surface area contributed by atoms with E-state index >= 15 is 0 Å². The number of halogens is 3. The Labute approximate surface area is 249 Å². The van der Waals surface area contributed by atoms with Crippen LogP contribution in [-0.4, -0.2) is 78.3 Å². The second-order valence-corrected chi connectivity index (χ2v) is 11.0. The number of alkyl halides is 3. The van der Waals surface area contributed by atoms with Crippen molar-refractivity contribution in [2.75, 3.05) is 39.1 Å².